The van der Waals surface area contributed by atoms with Gasteiger partial charge in [0.2, 0.25) is 5.91 Å². The minimum Gasteiger partial charge on any atom is -0.325 e. The van der Waals surface area contributed by atoms with Crippen LogP contribution in [0.3, 0.4) is 0 Å². The van der Waals surface area contributed by atoms with Crippen molar-refractivity contribution in [2.45, 2.75) is 24.3 Å². The molecule has 1 amide bonds. The van der Waals surface area contributed by atoms with E-state index in [1.807, 2.05) is 0 Å². The number of hydrogen-bond acceptors (Lipinski definition) is 5. The van der Waals surface area contributed by atoms with E-state index < -0.39 is 5.25 Å². The Labute approximate surface area is 209 Å². The fourth-order valence-corrected chi connectivity index (χ4v) is 4.53. The number of hydrogen-bond donors (Lipinski definition) is 1. The zero-order chi connectivity index (χ0) is 24.4. The maximum Gasteiger partial charge on any atom is 0.266 e. The van der Waals surface area contributed by atoms with Crippen molar-refractivity contribution in [3.8, 4) is 5.69 Å². The second-order valence-electron chi connectivity index (χ2n) is 7.56. The molecule has 0 fully saturated rings. The van der Waals surface area contributed by atoms with Crippen LogP contribution in [-0.2, 0) is 4.79 Å². The minimum atomic E-state index is -0.608. The van der Waals surface area contributed by atoms with Crippen molar-refractivity contribution in [2.24, 2.45) is 0 Å². The number of carbonyl (C=O) groups excluding carboxylic acids is 2. The molecule has 0 aliphatic heterocycles. The van der Waals surface area contributed by atoms with Gasteiger partial charge in [-0.15, -0.1) is 0 Å². The van der Waals surface area contributed by atoms with Crippen LogP contribution in [-0.4, -0.2) is 26.5 Å². The van der Waals surface area contributed by atoms with E-state index in [1.54, 1.807) is 73.7 Å². The highest BCUT2D eigenvalue weighted by Crippen LogP contribution is 2.27. The molecule has 0 spiro atoms. The van der Waals surface area contributed by atoms with Crippen LogP contribution >= 0.6 is 35.0 Å². The molecule has 0 bridgehead atoms. The topological polar surface area (TPSA) is 81.1 Å². The van der Waals surface area contributed by atoms with E-state index in [1.165, 1.54) is 11.5 Å². The number of ketones is 1. The van der Waals surface area contributed by atoms with Gasteiger partial charge in [-0.3, -0.25) is 19.0 Å². The third kappa shape index (κ3) is 5.17. The molecule has 34 heavy (non-hydrogen) atoms. The summed E-state index contributed by atoms with van der Waals surface area (Å²) in [5.41, 5.74) is 1.74. The van der Waals surface area contributed by atoms with E-state index in [-0.39, 0.29) is 17.2 Å². The minimum absolute atomic E-state index is 0.0930. The van der Waals surface area contributed by atoms with Gasteiger partial charge in [0.25, 0.3) is 5.56 Å². The Hall–Kier alpha value is -3.13. The van der Waals surface area contributed by atoms with Gasteiger partial charge in [0.05, 0.1) is 21.8 Å². The predicted molar refractivity (Wildman–Crippen MR) is 138 cm³/mol. The van der Waals surface area contributed by atoms with E-state index in [4.69, 9.17) is 23.2 Å². The summed E-state index contributed by atoms with van der Waals surface area (Å²) < 4.78 is 1.46. The predicted octanol–water partition coefficient (Wildman–Crippen LogP) is 6.01. The van der Waals surface area contributed by atoms with Crippen LogP contribution in [0, 0.1) is 0 Å². The molecule has 1 aromatic heterocycles. The molecule has 1 heterocycles. The number of thioether (sulfide) groups is 1. The Kier molecular flexibility index (Phi) is 7.07. The van der Waals surface area contributed by atoms with E-state index in [9.17, 15) is 14.4 Å². The lowest BCUT2D eigenvalue weighted by molar-refractivity contribution is -0.115. The monoisotopic (exact) mass is 511 g/mol. The normalized spacial score (nSPS) is 11.9. The Morgan fingerprint density at radius 2 is 1.71 bits per heavy atom. The average molecular weight is 512 g/mol. The first-order valence-corrected chi connectivity index (χ1v) is 11.9. The van der Waals surface area contributed by atoms with Crippen LogP contribution < -0.4 is 10.9 Å². The standard InChI is InChI=1S/C25H19Cl2N3O3S/c1-14(31)16-4-3-5-19(12-16)28-23(32)15(2)34-25-29-22-13-18(27)8-11-21(22)24(33)30(25)20-9-6-17(26)7-10-20/h3-13,15H,1-2H3,(H,28,32)/t15-/m1/s1. The summed E-state index contributed by atoms with van der Waals surface area (Å²) in [5, 5.41) is 3.94. The van der Waals surface area contributed by atoms with Crippen LogP contribution in [0.4, 0.5) is 5.69 Å². The number of halogens is 2. The van der Waals surface area contributed by atoms with Crippen LogP contribution in [0.25, 0.3) is 16.6 Å². The van der Waals surface area contributed by atoms with E-state index in [0.29, 0.717) is 43.0 Å². The summed E-state index contributed by atoms with van der Waals surface area (Å²) in [5.74, 6) is -0.390. The van der Waals surface area contributed by atoms with Gasteiger partial charge in [-0.2, -0.15) is 0 Å². The zero-order valence-electron chi connectivity index (χ0n) is 18.2. The van der Waals surface area contributed by atoms with E-state index >= 15 is 0 Å². The van der Waals surface area contributed by atoms with E-state index in [2.05, 4.69) is 10.3 Å². The number of amides is 1. The smallest absolute Gasteiger partial charge is 0.266 e. The van der Waals surface area contributed by atoms with Gasteiger partial charge in [-0.25, -0.2) is 4.98 Å². The zero-order valence-corrected chi connectivity index (χ0v) is 20.5. The third-order valence-corrected chi connectivity index (χ3v) is 6.61. The molecule has 0 saturated heterocycles. The third-order valence-electron chi connectivity index (χ3n) is 5.07. The van der Waals surface area contributed by atoms with Crippen LogP contribution in [0.1, 0.15) is 24.2 Å². The largest absolute Gasteiger partial charge is 0.325 e. The molecular weight excluding hydrogens is 493 g/mol. The summed E-state index contributed by atoms with van der Waals surface area (Å²) in [6, 6.07) is 18.4. The molecule has 4 aromatic rings. The summed E-state index contributed by atoms with van der Waals surface area (Å²) >= 11 is 13.3. The van der Waals surface area contributed by atoms with Gasteiger partial charge in [-0.05, 0) is 68.4 Å². The molecule has 172 valence electrons. The molecule has 3 aromatic carbocycles. The van der Waals surface area contributed by atoms with Crippen molar-refractivity contribution in [2.75, 3.05) is 5.32 Å². The fraction of sp³-hybridized carbons (Fsp3) is 0.120. The second-order valence-corrected chi connectivity index (χ2v) is 9.74. The Balaban J connectivity index is 1.71. The Morgan fingerprint density at radius 1 is 1.00 bits per heavy atom. The maximum atomic E-state index is 13.4. The molecule has 1 atom stereocenters. The first-order chi connectivity index (χ1) is 16.2. The SMILES string of the molecule is CC(=O)c1cccc(NC(=O)[C@@H](C)Sc2nc3cc(Cl)ccc3c(=O)n2-c2ccc(Cl)cc2)c1. The van der Waals surface area contributed by atoms with Gasteiger partial charge < -0.3 is 5.32 Å². The number of aromatic nitrogens is 2. The molecule has 0 aliphatic rings. The lowest BCUT2D eigenvalue weighted by Crippen LogP contribution is -2.26. The van der Waals surface area contributed by atoms with Crippen LogP contribution in [0.2, 0.25) is 10.0 Å². The number of rotatable bonds is 6. The molecule has 4 rings (SSSR count). The molecule has 0 unspecified atom stereocenters. The van der Waals surface area contributed by atoms with Crippen molar-refractivity contribution in [1.29, 1.82) is 0 Å². The lowest BCUT2D eigenvalue weighted by atomic mass is 10.1. The lowest BCUT2D eigenvalue weighted by Gasteiger charge is -2.17. The number of nitrogens with zero attached hydrogens (tertiary/aromatic N) is 2. The summed E-state index contributed by atoms with van der Waals surface area (Å²) in [4.78, 5) is 42.6. The highest BCUT2D eigenvalue weighted by atomic mass is 35.5. The molecule has 9 heteroatoms. The fourth-order valence-electron chi connectivity index (χ4n) is 3.31. The number of anilines is 1. The first kappa shape index (κ1) is 24.0. The van der Waals surface area contributed by atoms with Gasteiger partial charge in [-0.1, -0.05) is 47.1 Å². The molecule has 0 aliphatic carbocycles. The molecule has 0 radical (unpaired) electrons. The second kappa shape index (κ2) is 10.0. The van der Waals surface area contributed by atoms with Crippen molar-refractivity contribution >= 4 is 63.2 Å². The van der Waals surface area contributed by atoms with Crippen molar-refractivity contribution in [1.82, 2.24) is 9.55 Å². The molecule has 0 saturated carbocycles. The quantitative estimate of drug-likeness (QED) is 0.194. The maximum absolute atomic E-state index is 13.4. The molecular formula is C25H19Cl2N3O3S. The van der Waals surface area contributed by atoms with Crippen molar-refractivity contribution in [3.63, 3.8) is 0 Å². The van der Waals surface area contributed by atoms with E-state index in [0.717, 1.165) is 11.8 Å². The summed E-state index contributed by atoms with van der Waals surface area (Å²) in [6.45, 7) is 3.18. The van der Waals surface area contributed by atoms with Crippen LogP contribution in [0.15, 0.2) is 76.7 Å². The van der Waals surface area contributed by atoms with Crippen molar-refractivity contribution < 1.29 is 9.59 Å². The van der Waals surface area contributed by atoms with Gasteiger partial charge >= 0.3 is 0 Å². The first-order valence-electron chi connectivity index (χ1n) is 10.3. The molecule has 1 N–H and O–H groups in total. The van der Waals surface area contributed by atoms with Crippen molar-refractivity contribution in [3.05, 3.63) is 92.7 Å². The van der Waals surface area contributed by atoms with Gasteiger partial charge in [0.15, 0.2) is 10.9 Å². The van der Waals surface area contributed by atoms with Gasteiger partial charge in [0.1, 0.15) is 0 Å². The average Bonchev–Trinajstić information content (AvgIpc) is 2.80. The van der Waals surface area contributed by atoms with Gasteiger partial charge in [0, 0.05) is 21.3 Å². The highest BCUT2D eigenvalue weighted by Gasteiger charge is 2.21. The Bertz CT molecular complexity index is 1470. The summed E-state index contributed by atoms with van der Waals surface area (Å²) in [7, 11) is 0. The summed E-state index contributed by atoms with van der Waals surface area (Å²) in [6.07, 6.45) is 0. The van der Waals surface area contributed by atoms with Crippen LogP contribution in [0.5, 0.6) is 0 Å². The number of nitrogens with one attached hydrogen (secondary N) is 1. The number of carbonyl (C=O) groups is 2. The number of Topliss-reactive ketones (excluding diaryl/α,β-unsaturated/α-hetero) is 1. The highest BCUT2D eigenvalue weighted by molar-refractivity contribution is 8.00. The Morgan fingerprint density at radius 3 is 2.41 bits per heavy atom. The number of fused-ring (bicyclic) bond motifs is 1. The number of benzene rings is 3. The molecule has 6 nitrogen and oxygen atoms in total.